The van der Waals surface area contributed by atoms with E-state index < -0.39 is 0 Å². The topological polar surface area (TPSA) is 29.5 Å². The molecule has 0 aliphatic heterocycles. The molecule has 24 heavy (non-hydrogen) atoms. The highest BCUT2D eigenvalue weighted by atomic mass is 31.0. The minimum atomic E-state index is -0.0192. The van der Waals surface area contributed by atoms with Gasteiger partial charge in [0.15, 0.2) is 0 Å². The van der Waals surface area contributed by atoms with Crippen molar-refractivity contribution in [2.75, 3.05) is 6.61 Å². The fourth-order valence-electron chi connectivity index (χ4n) is 1.95. The van der Waals surface area contributed by atoms with Gasteiger partial charge in [0.25, 0.3) is 0 Å². The van der Waals surface area contributed by atoms with Crippen molar-refractivity contribution < 1.29 is 9.63 Å². The Labute approximate surface area is 153 Å². The largest absolute Gasteiger partial charge is 0.507 e. The van der Waals surface area contributed by atoms with E-state index in [0.717, 1.165) is 24.2 Å². The van der Waals surface area contributed by atoms with Crippen LogP contribution >= 0.6 is 9.47 Å². The number of rotatable bonds is 3. The van der Waals surface area contributed by atoms with Crippen molar-refractivity contribution in [2.45, 2.75) is 92.9 Å². The minimum Gasteiger partial charge on any atom is -0.507 e. The standard InChI is InChI=1S/C16H26O.C3H8.C2H7OP/c1-8-16(6,7)12-9-11(2)14(17)13(10-12)15(3,4)5;1-3-2;1-2-3-4/h9-10,17H,8H2,1-7H3;3H2,1-2H3;2,4H2,1H3. The SMILES string of the molecule is CCC.CCC(C)(C)c1cc(C)c(O)c(C(C)(C)C)c1.CCOP. The molecule has 1 rings (SSSR count). The van der Waals surface area contributed by atoms with E-state index in [1.165, 1.54) is 12.0 Å². The molecule has 2 nitrogen and oxygen atoms in total. The first-order valence-corrected chi connectivity index (χ1v) is 9.56. The smallest absolute Gasteiger partial charge is 0.122 e. The third-order valence-corrected chi connectivity index (χ3v) is 4.27. The molecule has 0 fully saturated rings. The van der Waals surface area contributed by atoms with E-state index >= 15 is 0 Å². The Morgan fingerprint density at radius 3 is 1.71 bits per heavy atom. The van der Waals surface area contributed by atoms with Crippen LogP contribution in [0.3, 0.4) is 0 Å². The Morgan fingerprint density at radius 1 is 1.00 bits per heavy atom. The number of aromatic hydroxyl groups is 1. The van der Waals surface area contributed by atoms with E-state index in [9.17, 15) is 5.11 Å². The van der Waals surface area contributed by atoms with Gasteiger partial charge in [-0.2, -0.15) is 0 Å². The molecule has 0 radical (unpaired) electrons. The zero-order valence-corrected chi connectivity index (χ0v) is 18.9. The molecular formula is C21H41O2P. The van der Waals surface area contributed by atoms with Gasteiger partial charge in [0.05, 0.1) is 0 Å². The van der Waals surface area contributed by atoms with Gasteiger partial charge in [0.1, 0.15) is 5.75 Å². The Bertz CT molecular complexity index is 458. The van der Waals surface area contributed by atoms with Gasteiger partial charge in [-0.25, -0.2) is 0 Å². The molecule has 1 atom stereocenters. The number of phenolic OH excluding ortho intramolecular Hbond substituents is 1. The van der Waals surface area contributed by atoms with E-state index in [4.69, 9.17) is 0 Å². The minimum absolute atomic E-state index is 0.0192. The highest BCUT2D eigenvalue weighted by Gasteiger charge is 2.25. The van der Waals surface area contributed by atoms with E-state index in [1.807, 2.05) is 13.8 Å². The molecule has 0 saturated carbocycles. The summed E-state index contributed by atoms with van der Waals surface area (Å²) >= 11 is 0. The summed E-state index contributed by atoms with van der Waals surface area (Å²) in [7, 11) is 2.16. The van der Waals surface area contributed by atoms with Crippen LogP contribution in [-0.2, 0) is 15.4 Å². The number of benzene rings is 1. The van der Waals surface area contributed by atoms with Crippen LogP contribution in [-0.4, -0.2) is 11.7 Å². The average Bonchev–Trinajstić information content (AvgIpc) is 2.49. The number of hydrogen-bond acceptors (Lipinski definition) is 2. The molecule has 1 aromatic carbocycles. The normalized spacial score (nSPS) is 11.1. The second-order valence-corrected chi connectivity index (χ2v) is 8.17. The predicted octanol–water partition coefficient (Wildman–Crippen LogP) is 6.92. The molecule has 3 heteroatoms. The van der Waals surface area contributed by atoms with E-state index in [0.29, 0.717) is 5.75 Å². The lowest BCUT2D eigenvalue weighted by molar-refractivity contribution is 0.400. The van der Waals surface area contributed by atoms with Crippen LogP contribution in [0.2, 0.25) is 0 Å². The van der Waals surface area contributed by atoms with Crippen LogP contribution in [0.5, 0.6) is 5.75 Å². The molecule has 1 N–H and O–H groups in total. The molecule has 0 amide bonds. The highest BCUT2D eigenvalue weighted by Crippen LogP contribution is 2.38. The second-order valence-electron chi connectivity index (χ2n) is 7.84. The van der Waals surface area contributed by atoms with Crippen molar-refractivity contribution in [1.82, 2.24) is 0 Å². The Balaban J connectivity index is 0. The molecule has 0 bridgehead atoms. The first-order valence-electron chi connectivity index (χ1n) is 9.08. The van der Waals surface area contributed by atoms with Gasteiger partial charge in [0, 0.05) is 16.1 Å². The molecule has 0 aromatic heterocycles. The molecule has 142 valence electrons. The molecule has 0 aliphatic carbocycles. The van der Waals surface area contributed by atoms with Crippen molar-refractivity contribution in [3.05, 3.63) is 28.8 Å². The van der Waals surface area contributed by atoms with Crippen molar-refractivity contribution in [3.63, 3.8) is 0 Å². The highest BCUT2D eigenvalue weighted by molar-refractivity contribution is 7.09. The first kappa shape index (κ1) is 25.6. The molecule has 1 aromatic rings. The summed E-state index contributed by atoms with van der Waals surface area (Å²) in [4.78, 5) is 0. The van der Waals surface area contributed by atoms with Gasteiger partial charge in [-0.3, -0.25) is 0 Å². The Kier molecular flexibility index (Phi) is 12.7. The zero-order valence-electron chi connectivity index (χ0n) is 17.7. The van der Waals surface area contributed by atoms with Crippen LogP contribution in [0.25, 0.3) is 0 Å². The fraction of sp³-hybridized carbons (Fsp3) is 0.714. The summed E-state index contributed by atoms with van der Waals surface area (Å²) < 4.78 is 4.46. The van der Waals surface area contributed by atoms with Crippen LogP contribution < -0.4 is 0 Å². The summed E-state index contributed by atoms with van der Waals surface area (Å²) in [5, 5.41) is 10.2. The van der Waals surface area contributed by atoms with E-state index in [2.05, 4.69) is 81.5 Å². The van der Waals surface area contributed by atoms with Gasteiger partial charge < -0.3 is 9.63 Å². The molecule has 0 saturated heterocycles. The summed E-state index contributed by atoms with van der Waals surface area (Å²) in [5.74, 6) is 0.452. The van der Waals surface area contributed by atoms with Crippen molar-refractivity contribution >= 4 is 9.47 Å². The van der Waals surface area contributed by atoms with Gasteiger partial charge >= 0.3 is 0 Å². The lowest BCUT2D eigenvalue weighted by Gasteiger charge is -2.28. The maximum atomic E-state index is 10.2. The van der Waals surface area contributed by atoms with Crippen molar-refractivity contribution in [1.29, 1.82) is 0 Å². The maximum Gasteiger partial charge on any atom is 0.122 e. The molecule has 0 heterocycles. The number of hydrogen-bond donors (Lipinski definition) is 1. The van der Waals surface area contributed by atoms with E-state index in [-0.39, 0.29) is 10.8 Å². The van der Waals surface area contributed by atoms with E-state index in [1.54, 1.807) is 0 Å². The third kappa shape index (κ3) is 9.04. The van der Waals surface area contributed by atoms with Crippen molar-refractivity contribution in [2.24, 2.45) is 0 Å². The van der Waals surface area contributed by atoms with Crippen LogP contribution in [0.1, 0.15) is 91.8 Å². The van der Waals surface area contributed by atoms with Crippen LogP contribution in [0.15, 0.2) is 12.1 Å². The predicted molar refractivity (Wildman–Crippen MR) is 112 cm³/mol. The summed E-state index contributed by atoms with van der Waals surface area (Å²) in [6.07, 6.45) is 2.35. The second kappa shape index (κ2) is 11.9. The Morgan fingerprint density at radius 2 is 1.42 bits per heavy atom. The van der Waals surface area contributed by atoms with Gasteiger partial charge in [-0.15, -0.1) is 0 Å². The molecule has 0 aliphatic rings. The average molecular weight is 357 g/mol. The lowest BCUT2D eigenvalue weighted by atomic mass is 9.77. The van der Waals surface area contributed by atoms with Crippen LogP contribution in [0.4, 0.5) is 0 Å². The third-order valence-electron chi connectivity index (χ3n) is 3.94. The van der Waals surface area contributed by atoms with Gasteiger partial charge in [-0.1, -0.05) is 73.9 Å². The molecule has 1 unspecified atom stereocenters. The fourth-order valence-corrected chi connectivity index (χ4v) is 1.95. The number of phenols is 1. The van der Waals surface area contributed by atoms with Crippen LogP contribution in [0, 0.1) is 6.92 Å². The Hall–Kier alpha value is -0.590. The zero-order chi connectivity index (χ0) is 19.6. The molecular weight excluding hydrogens is 315 g/mol. The maximum absolute atomic E-state index is 10.2. The molecule has 0 spiro atoms. The summed E-state index contributed by atoms with van der Waals surface area (Å²) in [6, 6.07) is 4.29. The summed E-state index contributed by atoms with van der Waals surface area (Å²) in [5.41, 5.74) is 3.50. The first-order chi connectivity index (χ1) is 10.9. The summed E-state index contributed by atoms with van der Waals surface area (Å²) in [6.45, 7) is 22.1. The van der Waals surface area contributed by atoms with Gasteiger partial charge in [0.2, 0.25) is 0 Å². The number of aryl methyl sites for hydroxylation is 1. The lowest BCUT2D eigenvalue weighted by Crippen LogP contribution is -2.19. The van der Waals surface area contributed by atoms with Crippen molar-refractivity contribution in [3.8, 4) is 5.75 Å². The monoisotopic (exact) mass is 356 g/mol. The van der Waals surface area contributed by atoms with Gasteiger partial charge in [-0.05, 0) is 47.8 Å². The quantitative estimate of drug-likeness (QED) is 0.596.